The molecule has 0 atom stereocenters. The monoisotopic (exact) mass is 207 g/mol. The van der Waals surface area contributed by atoms with E-state index >= 15 is 0 Å². The van der Waals surface area contributed by atoms with E-state index in [4.69, 9.17) is 4.74 Å². The molecule has 0 aliphatic carbocycles. The molecule has 1 saturated heterocycles. The van der Waals surface area contributed by atoms with Gasteiger partial charge >= 0.3 is 0 Å². The molecule has 0 amide bonds. The van der Waals surface area contributed by atoms with Crippen LogP contribution in [0.2, 0.25) is 12.1 Å². The third-order valence-electron chi connectivity index (χ3n) is 2.97. The van der Waals surface area contributed by atoms with E-state index in [-0.39, 0.29) is 0 Å². The Bertz CT molecular complexity index is 297. The Balaban J connectivity index is 2.21. The van der Waals surface area contributed by atoms with E-state index < -0.39 is 8.80 Å². The fourth-order valence-electron chi connectivity index (χ4n) is 2.30. The van der Waals surface area contributed by atoms with Crippen molar-refractivity contribution in [1.82, 2.24) is 4.98 Å². The van der Waals surface area contributed by atoms with Crippen LogP contribution in [-0.2, 0) is 11.3 Å². The summed E-state index contributed by atoms with van der Waals surface area (Å²) in [7, 11) is 1.06. The number of methoxy groups -OCH3 is 1. The smallest absolute Gasteiger partial charge is 0.0949 e. The number of rotatable bonds is 3. The molecule has 1 aromatic heterocycles. The minimum atomic E-state index is -0.701. The quantitative estimate of drug-likeness (QED) is 0.700. The number of pyridine rings is 1. The van der Waals surface area contributed by atoms with Crippen molar-refractivity contribution in [2.24, 2.45) is 0 Å². The summed E-state index contributed by atoms with van der Waals surface area (Å²) in [5, 5.41) is 1.41. The molecular formula is C11H17NOSi. The van der Waals surface area contributed by atoms with Crippen LogP contribution in [0, 0.1) is 0 Å². The van der Waals surface area contributed by atoms with Gasteiger partial charge in [-0.15, -0.1) is 0 Å². The highest BCUT2D eigenvalue weighted by Crippen LogP contribution is 2.19. The van der Waals surface area contributed by atoms with Crippen LogP contribution in [0.1, 0.15) is 18.4 Å². The second-order valence-corrected chi connectivity index (χ2v) is 7.06. The van der Waals surface area contributed by atoms with Crippen LogP contribution in [-0.4, -0.2) is 20.9 Å². The lowest BCUT2D eigenvalue weighted by atomic mass is 10.3. The number of hydrogen-bond donors (Lipinski definition) is 0. The zero-order chi connectivity index (χ0) is 9.80. The molecular weight excluding hydrogens is 190 g/mol. The Morgan fingerprint density at radius 1 is 1.43 bits per heavy atom. The van der Waals surface area contributed by atoms with E-state index in [9.17, 15) is 0 Å². The molecule has 14 heavy (non-hydrogen) atoms. The third-order valence-corrected chi connectivity index (χ3v) is 6.47. The predicted molar refractivity (Wildman–Crippen MR) is 60.6 cm³/mol. The number of ether oxygens (including phenoxy) is 1. The zero-order valence-electron chi connectivity index (χ0n) is 8.70. The molecule has 76 valence electrons. The van der Waals surface area contributed by atoms with Crippen LogP contribution >= 0.6 is 0 Å². The Morgan fingerprint density at radius 2 is 2.21 bits per heavy atom. The van der Waals surface area contributed by atoms with E-state index in [0.29, 0.717) is 0 Å². The van der Waals surface area contributed by atoms with Crippen LogP contribution < -0.4 is 5.32 Å². The van der Waals surface area contributed by atoms with E-state index in [0.717, 1.165) is 6.61 Å². The van der Waals surface area contributed by atoms with Gasteiger partial charge in [0.05, 0.1) is 15.4 Å². The summed E-state index contributed by atoms with van der Waals surface area (Å²) in [5.74, 6) is 0. The van der Waals surface area contributed by atoms with Crippen molar-refractivity contribution >= 4 is 14.1 Å². The molecule has 0 N–H and O–H groups in total. The molecule has 0 aromatic carbocycles. The molecule has 1 aliphatic rings. The Hall–Kier alpha value is -0.673. The van der Waals surface area contributed by atoms with Gasteiger partial charge in [-0.3, -0.25) is 4.98 Å². The van der Waals surface area contributed by atoms with Crippen LogP contribution in [0.4, 0.5) is 0 Å². The average molecular weight is 207 g/mol. The summed E-state index contributed by atoms with van der Waals surface area (Å²) in [6.45, 7) is 0.729. The first kappa shape index (κ1) is 9.87. The van der Waals surface area contributed by atoms with E-state index in [1.54, 1.807) is 7.11 Å². The van der Waals surface area contributed by atoms with Crippen molar-refractivity contribution in [3.8, 4) is 0 Å². The molecule has 1 aliphatic heterocycles. The summed E-state index contributed by atoms with van der Waals surface area (Å²) in [4.78, 5) is 4.56. The number of hydrogen-bond acceptors (Lipinski definition) is 2. The summed E-state index contributed by atoms with van der Waals surface area (Å²) in [5.41, 5.74) is 1.33. The van der Waals surface area contributed by atoms with Crippen LogP contribution in [0.15, 0.2) is 18.3 Å². The van der Waals surface area contributed by atoms with Gasteiger partial charge in [-0.25, -0.2) is 0 Å². The number of nitrogens with zero attached hydrogens (tertiary/aromatic N) is 1. The molecule has 0 saturated carbocycles. The predicted octanol–water partition coefficient (Wildman–Crippen LogP) is 1.46. The molecule has 0 radical (unpaired) electrons. The van der Waals surface area contributed by atoms with Crippen LogP contribution in [0.25, 0.3) is 0 Å². The van der Waals surface area contributed by atoms with Gasteiger partial charge in [-0.1, -0.05) is 31.0 Å². The normalized spacial score (nSPS) is 17.5. The van der Waals surface area contributed by atoms with Crippen molar-refractivity contribution < 1.29 is 4.74 Å². The molecule has 1 fully saturated rings. The van der Waals surface area contributed by atoms with Crippen molar-refractivity contribution in [2.45, 2.75) is 31.5 Å². The fourth-order valence-corrected chi connectivity index (χ4v) is 5.69. The highest BCUT2D eigenvalue weighted by Gasteiger charge is 2.22. The Labute approximate surface area is 86.9 Å². The fraction of sp³-hybridized carbons (Fsp3) is 0.545. The van der Waals surface area contributed by atoms with Gasteiger partial charge in [0.1, 0.15) is 0 Å². The Morgan fingerprint density at radius 3 is 2.93 bits per heavy atom. The molecule has 2 rings (SSSR count). The summed E-state index contributed by atoms with van der Waals surface area (Å²) in [6, 6.07) is 7.06. The lowest BCUT2D eigenvalue weighted by Crippen LogP contribution is -2.32. The van der Waals surface area contributed by atoms with Crippen LogP contribution in [0.3, 0.4) is 0 Å². The van der Waals surface area contributed by atoms with E-state index in [2.05, 4.69) is 11.1 Å². The Kier molecular flexibility index (Phi) is 3.32. The first-order valence-corrected chi connectivity index (χ1v) is 7.55. The van der Waals surface area contributed by atoms with Gasteiger partial charge in [0.25, 0.3) is 0 Å². The second-order valence-electron chi connectivity index (χ2n) is 3.96. The maximum absolute atomic E-state index is 5.21. The standard InChI is InChI=1S/C11H17NOSi/c1-13-9-10-5-4-6-12-11(10)14-7-2-3-8-14/h4-6,14H,2-3,7-9H2,1H3. The van der Waals surface area contributed by atoms with Gasteiger partial charge in [0, 0.05) is 18.6 Å². The summed E-state index contributed by atoms with van der Waals surface area (Å²) >= 11 is 0. The van der Waals surface area contributed by atoms with Gasteiger partial charge < -0.3 is 4.74 Å². The van der Waals surface area contributed by atoms with Crippen molar-refractivity contribution in [3.63, 3.8) is 0 Å². The molecule has 1 aromatic rings. The maximum Gasteiger partial charge on any atom is 0.0949 e. The van der Waals surface area contributed by atoms with Gasteiger partial charge in [-0.05, 0) is 11.6 Å². The molecule has 2 nitrogen and oxygen atoms in total. The molecule has 0 bridgehead atoms. The van der Waals surface area contributed by atoms with Gasteiger partial charge in [-0.2, -0.15) is 0 Å². The molecule has 0 spiro atoms. The molecule has 2 heterocycles. The first-order valence-electron chi connectivity index (χ1n) is 5.34. The van der Waals surface area contributed by atoms with Gasteiger partial charge in [0.15, 0.2) is 0 Å². The molecule has 0 unspecified atom stereocenters. The van der Waals surface area contributed by atoms with Gasteiger partial charge in [0.2, 0.25) is 0 Å². The lowest BCUT2D eigenvalue weighted by Gasteiger charge is -2.11. The third kappa shape index (κ3) is 2.04. The van der Waals surface area contributed by atoms with Crippen molar-refractivity contribution in [3.05, 3.63) is 23.9 Å². The summed E-state index contributed by atoms with van der Waals surface area (Å²) < 4.78 is 5.21. The minimum absolute atomic E-state index is 0.701. The lowest BCUT2D eigenvalue weighted by molar-refractivity contribution is 0.185. The minimum Gasteiger partial charge on any atom is -0.380 e. The highest BCUT2D eigenvalue weighted by atomic mass is 28.3. The zero-order valence-corrected chi connectivity index (χ0v) is 9.86. The number of aromatic nitrogens is 1. The maximum atomic E-state index is 5.21. The molecule has 3 heteroatoms. The van der Waals surface area contributed by atoms with E-state index in [1.807, 2.05) is 12.3 Å². The van der Waals surface area contributed by atoms with E-state index in [1.165, 1.54) is 35.8 Å². The van der Waals surface area contributed by atoms with Crippen molar-refractivity contribution in [1.29, 1.82) is 0 Å². The largest absolute Gasteiger partial charge is 0.380 e. The SMILES string of the molecule is COCc1cccnc1[SiH]1CCCC1. The average Bonchev–Trinajstić information content (AvgIpc) is 2.72. The first-order chi connectivity index (χ1) is 6.92. The second kappa shape index (κ2) is 4.71. The topological polar surface area (TPSA) is 22.1 Å². The van der Waals surface area contributed by atoms with Crippen molar-refractivity contribution in [2.75, 3.05) is 7.11 Å². The van der Waals surface area contributed by atoms with Crippen LogP contribution in [0.5, 0.6) is 0 Å². The highest BCUT2D eigenvalue weighted by molar-refractivity contribution is 6.73. The summed E-state index contributed by atoms with van der Waals surface area (Å²) in [6.07, 6.45) is 4.76.